The van der Waals surface area contributed by atoms with E-state index < -0.39 is 6.03 Å². The number of amides is 4. The number of carbonyl (C=O) groups excluding carboxylic acids is 3. The smallest absolute Gasteiger partial charge is 0.323 e. The number of methoxy groups -OCH3 is 1. The predicted octanol–water partition coefficient (Wildman–Crippen LogP) is 3.82. The molecule has 0 fully saturated rings. The summed E-state index contributed by atoms with van der Waals surface area (Å²) >= 11 is 0. The van der Waals surface area contributed by atoms with Crippen LogP contribution in [0.25, 0.3) is 10.8 Å². The van der Waals surface area contributed by atoms with Gasteiger partial charge >= 0.3 is 6.03 Å². The Kier molecular flexibility index (Phi) is 5.55. The van der Waals surface area contributed by atoms with Crippen molar-refractivity contribution < 1.29 is 24.2 Å². The van der Waals surface area contributed by atoms with Crippen LogP contribution in [0, 0.1) is 0 Å². The Morgan fingerprint density at radius 3 is 2.52 bits per heavy atom. The van der Waals surface area contributed by atoms with Gasteiger partial charge in [-0.2, -0.15) is 0 Å². The molecule has 3 aromatic rings. The fourth-order valence-corrected chi connectivity index (χ4v) is 3.63. The quantitative estimate of drug-likeness (QED) is 0.416. The average Bonchev–Trinajstić information content (AvgIpc) is 2.99. The number of phenolic OH excluding ortho intramolecular Hbond substituents is 1. The lowest BCUT2D eigenvalue weighted by Crippen LogP contribution is -2.31. The number of benzene rings is 3. The number of carbonyl (C=O) groups is 3. The van der Waals surface area contributed by atoms with Crippen LogP contribution in [0.5, 0.6) is 5.75 Å². The molecule has 1 aliphatic heterocycles. The number of ether oxygens (including phenoxy) is 1. The molecular formula is C23H21N3O5. The van der Waals surface area contributed by atoms with Crippen molar-refractivity contribution in [2.45, 2.75) is 6.42 Å². The van der Waals surface area contributed by atoms with Crippen LogP contribution >= 0.6 is 0 Å². The van der Waals surface area contributed by atoms with Gasteiger partial charge in [-0.3, -0.25) is 14.5 Å². The van der Waals surface area contributed by atoms with Crippen molar-refractivity contribution >= 4 is 40.0 Å². The zero-order chi connectivity index (χ0) is 22.0. The predicted molar refractivity (Wildman–Crippen MR) is 117 cm³/mol. The van der Waals surface area contributed by atoms with Gasteiger partial charge in [-0.15, -0.1) is 0 Å². The molecule has 3 aromatic carbocycles. The lowest BCUT2D eigenvalue weighted by molar-refractivity contribution is 0.0638. The largest absolute Gasteiger partial charge is 0.507 e. The Balaban J connectivity index is 1.50. The number of fused-ring (bicyclic) bond motifs is 2. The summed E-state index contributed by atoms with van der Waals surface area (Å²) in [5.41, 5.74) is 1.50. The third-order valence-electron chi connectivity index (χ3n) is 5.11. The lowest BCUT2D eigenvalue weighted by atomic mass is 10.1. The summed E-state index contributed by atoms with van der Waals surface area (Å²) in [7, 11) is 1.56. The van der Waals surface area contributed by atoms with Gasteiger partial charge in [-0.25, -0.2) is 4.79 Å². The molecule has 0 saturated heterocycles. The summed E-state index contributed by atoms with van der Waals surface area (Å²) in [5.74, 6) is -0.606. The number of hydrogen-bond donors (Lipinski definition) is 3. The van der Waals surface area contributed by atoms with Crippen molar-refractivity contribution in [3.05, 3.63) is 65.7 Å². The number of nitrogens with one attached hydrogen (secondary N) is 2. The number of nitrogens with zero attached hydrogens (tertiary/aromatic N) is 1. The van der Waals surface area contributed by atoms with Crippen molar-refractivity contribution in [1.82, 2.24) is 4.90 Å². The molecule has 4 rings (SSSR count). The third kappa shape index (κ3) is 3.93. The van der Waals surface area contributed by atoms with Gasteiger partial charge in [0.1, 0.15) is 5.75 Å². The summed E-state index contributed by atoms with van der Waals surface area (Å²) < 4.78 is 4.98. The Morgan fingerprint density at radius 2 is 1.71 bits per heavy atom. The van der Waals surface area contributed by atoms with Gasteiger partial charge in [0.2, 0.25) is 0 Å². The molecule has 0 bridgehead atoms. The van der Waals surface area contributed by atoms with Gasteiger partial charge < -0.3 is 20.5 Å². The summed E-state index contributed by atoms with van der Waals surface area (Å²) in [4.78, 5) is 38.8. The summed E-state index contributed by atoms with van der Waals surface area (Å²) in [6.45, 7) is 0.726. The van der Waals surface area contributed by atoms with E-state index in [0.29, 0.717) is 40.7 Å². The SMILES string of the molecule is COCCCN1C(=O)c2ccc(NC(=O)Nc3cccc4c(O)cccc34)cc2C1=O. The lowest BCUT2D eigenvalue weighted by Gasteiger charge is -2.12. The molecule has 0 unspecified atom stereocenters. The number of aromatic hydroxyl groups is 1. The zero-order valence-electron chi connectivity index (χ0n) is 16.8. The van der Waals surface area contributed by atoms with Gasteiger partial charge in [0, 0.05) is 36.7 Å². The van der Waals surface area contributed by atoms with Gasteiger partial charge in [0.05, 0.1) is 16.8 Å². The highest BCUT2D eigenvalue weighted by molar-refractivity contribution is 6.22. The first-order valence-electron chi connectivity index (χ1n) is 9.77. The number of anilines is 2. The minimum absolute atomic E-state index is 0.124. The van der Waals surface area contributed by atoms with E-state index in [1.54, 1.807) is 49.6 Å². The fraction of sp³-hybridized carbons (Fsp3) is 0.174. The summed E-state index contributed by atoms with van der Waals surface area (Å²) in [6.07, 6.45) is 0.552. The topological polar surface area (TPSA) is 108 Å². The molecule has 31 heavy (non-hydrogen) atoms. The number of imide groups is 1. The molecule has 4 amide bonds. The molecule has 0 aliphatic carbocycles. The first-order valence-corrected chi connectivity index (χ1v) is 9.77. The molecule has 1 heterocycles. The number of urea groups is 1. The van der Waals surface area contributed by atoms with E-state index in [2.05, 4.69) is 10.6 Å². The monoisotopic (exact) mass is 419 g/mol. The highest BCUT2D eigenvalue weighted by Crippen LogP contribution is 2.30. The fourth-order valence-electron chi connectivity index (χ4n) is 3.63. The van der Waals surface area contributed by atoms with Crippen molar-refractivity contribution in [2.24, 2.45) is 0 Å². The Bertz CT molecular complexity index is 1190. The highest BCUT2D eigenvalue weighted by atomic mass is 16.5. The molecule has 0 saturated carbocycles. The van der Waals surface area contributed by atoms with Crippen molar-refractivity contribution in [3.8, 4) is 5.75 Å². The second-order valence-corrected chi connectivity index (χ2v) is 7.13. The van der Waals surface area contributed by atoms with E-state index in [1.165, 1.54) is 17.0 Å². The minimum Gasteiger partial charge on any atom is -0.507 e. The van der Waals surface area contributed by atoms with Gasteiger partial charge in [0.25, 0.3) is 11.8 Å². The molecule has 8 nitrogen and oxygen atoms in total. The van der Waals surface area contributed by atoms with Crippen LogP contribution in [0.15, 0.2) is 54.6 Å². The van der Waals surface area contributed by atoms with Gasteiger partial charge in [-0.1, -0.05) is 24.3 Å². The van der Waals surface area contributed by atoms with E-state index in [4.69, 9.17) is 4.74 Å². The highest BCUT2D eigenvalue weighted by Gasteiger charge is 2.35. The van der Waals surface area contributed by atoms with E-state index in [9.17, 15) is 19.5 Å². The molecule has 0 spiro atoms. The van der Waals surface area contributed by atoms with Crippen LogP contribution in [0.3, 0.4) is 0 Å². The molecule has 3 N–H and O–H groups in total. The Morgan fingerprint density at radius 1 is 0.968 bits per heavy atom. The summed E-state index contributed by atoms with van der Waals surface area (Å²) in [6, 6.07) is 14.4. The number of rotatable bonds is 6. The maximum absolute atomic E-state index is 12.6. The van der Waals surface area contributed by atoms with E-state index in [-0.39, 0.29) is 29.7 Å². The first-order chi connectivity index (χ1) is 15.0. The van der Waals surface area contributed by atoms with Crippen LogP contribution in [0.4, 0.5) is 16.2 Å². The molecule has 158 valence electrons. The normalized spacial score (nSPS) is 12.9. The molecular weight excluding hydrogens is 398 g/mol. The van der Waals surface area contributed by atoms with Crippen LogP contribution in [-0.2, 0) is 4.74 Å². The maximum Gasteiger partial charge on any atom is 0.323 e. The first kappa shape index (κ1) is 20.4. The molecule has 0 atom stereocenters. The van der Waals surface area contributed by atoms with Crippen LogP contribution in [-0.4, -0.2) is 48.1 Å². The van der Waals surface area contributed by atoms with Crippen molar-refractivity contribution in [2.75, 3.05) is 30.9 Å². The minimum atomic E-state index is -0.510. The second kappa shape index (κ2) is 8.45. The van der Waals surface area contributed by atoms with Gasteiger partial charge in [0.15, 0.2) is 0 Å². The third-order valence-corrected chi connectivity index (χ3v) is 5.11. The zero-order valence-corrected chi connectivity index (χ0v) is 16.8. The van der Waals surface area contributed by atoms with Crippen molar-refractivity contribution in [3.63, 3.8) is 0 Å². The number of phenols is 1. The molecule has 1 aliphatic rings. The molecule has 0 radical (unpaired) electrons. The summed E-state index contributed by atoms with van der Waals surface area (Å²) in [5, 5.41) is 16.7. The standard InChI is InChI=1S/C23H21N3O5/c1-31-12-4-11-26-21(28)17-10-9-14(13-18(17)22(26)29)24-23(30)25-19-7-2-6-16-15(19)5-3-8-20(16)27/h2-3,5-10,13,27H,4,11-12H2,1H3,(H2,24,25,30). The van der Waals surface area contributed by atoms with E-state index >= 15 is 0 Å². The molecule has 0 aromatic heterocycles. The van der Waals surface area contributed by atoms with Crippen LogP contribution in [0.1, 0.15) is 27.1 Å². The number of hydrogen-bond acceptors (Lipinski definition) is 5. The van der Waals surface area contributed by atoms with Gasteiger partial charge in [-0.05, 0) is 36.8 Å². The Labute approximate surface area is 178 Å². The Hall–Kier alpha value is -3.91. The van der Waals surface area contributed by atoms with Crippen LogP contribution in [0.2, 0.25) is 0 Å². The average molecular weight is 419 g/mol. The van der Waals surface area contributed by atoms with E-state index in [1.807, 2.05) is 0 Å². The van der Waals surface area contributed by atoms with Crippen LogP contribution < -0.4 is 10.6 Å². The maximum atomic E-state index is 12.6. The van der Waals surface area contributed by atoms with Crippen molar-refractivity contribution in [1.29, 1.82) is 0 Å². The second-order valence-electron chi connectivity index (χ2n) is 7.13. The molecule has 8 heteroatoms. The van der Waals surface area contributed by atoms with E-state index in [0.717, 1.165) is 0 Å².